The molecule has 0 fully saturated rings. The van der Waals surface area contributed by atoms with E-state index in [1.807, 2.05) is 0 Å². The normalized spacial score (nSPS) is 13.4. The van der Waals surface area contributed by atoms with E-state index in [4.69, 9.17) is 0 Å². The predicted molar refractivity (Wildman–Crippen MR) is 140 cm³/mol. The Labute approximate surface area is 207 Å². The smallest absolute Gasteiger partial charge is 0.304 e. The summed E-state index contributed by atoms with van der Waals surface area (Å²) < 4.78 is -0.765. The van der Waals surface area contributed by atoms with E-state index < -0.39 is 22.7 Å². The first-order valence-corrected chi connectivity index (χ1v) is 13.5. The van der Waals surface area contributed by atoms with Crippen LogP contribution in [0.25, 0.3) is 0 Å². The van der Waals surface area contributed by atoms with Crippen molar-refractivity contribution in [3.63, 3.8) is 0 Å². The van der Waals surface area contributed by atoms with Crippen LogP contribution in [0.2, 0.25) is 0 Å². The van der Waals surface area contributed by atoms with E-state index in [-0.39, 0.29) is 18.2 Å². The lowest BCUT2D eigenvalue weighted by atomic mass is 9.94. The van der Waals surface area contributed by atoms with Crippen molar-refractivity contribution in [1.82, 2.24) is 10.6 Å². The van der Waals surface area contributed by atoms with E-state index in [1.165, 1.54) is 77.7 Å². The molecule has 0 spiro atoms. The molecular weight excluding hydrogens is 436 g/mol. The Morgan fingerprint density at radius 2 is 1.21 bits per heavy atom. The highest BCUT2D eigenvalue weighted by Crippen LogP contribution is 2.21. The van der Waals surface area contributed by atoms with Crippen LogP contribution in [0.15, 0.2) is 0 Å². The first-order valence-electron chi connectivity index (χ1n) is 13.1. The summed E-state index contributed by atoms with van der Waals surface area (Å²) in [5, 5.41) is 14.5. The van der Waals surface area contributed by atoms with Crippen molar-refractivity contribution in [3.8, 4) is 0 Å². The number of carbonyl (C=O) groups is 3. The lowest BCUT2D eigenvalue weighted by molar-refractivity contribution is -0.141. The third-order valence-corrected chi connectivity index (χ3v) is 6.46. The molecule has 194 valence electrons. The predicted octanol–water partition coefficient (Wildman–Crippen LogP) is 5.89. The summed E-state index contributed by atoms with van der Waals surface area (Å²) in [6, 6.07) is -0.828. The van der Waals surface area contributed by atoms with Gasteiger partial charge in [-0.15, -0.1) is 0 Å². The monoisotopic (exact) mass is 486 g/mol. The zero-order valence-corrected chi connectivity index (χ0v) is 22.5. The highest BCUT2D eigenvalue weighted by atomic mass is 32.1. The van der Waals surface area contributed by atoms with Crippen LogP contribution in [0.4, 0.5) is 0 Å². The van der Waals surface area contributed by atoms with Gasteiger partial charge < -0.3 is 15.7 Å². The molecule has 2 unspecified atom stereocenters. The van der Waals surface area contributed by atoms with Gasteiger partial charge in [-0.05, 0) is 20.3 Å². The Morgan fingerprint density at radius 3 is 1.58 bits per heavy atom. The molecular formula is C26H50N2O4S. The molecule has 7 heteroatoms. The number of thiol groups is 1. The van der Waals surface area contributed by atoms with Gasteiger partial charge >= 0.3 is 5.97 Å². The van der Waals surface area contributed by atoms with E-state index in [1.54, 1.807) is 13.8 Å². The molecule has 0 saturated heterocycles. The molecule has 0 aliphatic carbocycles. The fraction of sp³-hybridized carbons (Fsp3) is 0.885. The second kappa shape index (κ2) is 19.1. The molecule has 6 nitrogen and oxygen atoms in total. The number of aliphatic carboxylic acids is 1. The van der Waals surface area contributed by atoms with Crippen molar-refractivity contribution >= 4 is 30.4 Å². The van der Waals surface area contributed by atoms with Crippen molar-refractivity contribution in [3.05, 3.63) is 0 Å². The number of carboxylic acid groups (broad SMARTS) is 1. The molecule has 2 atom stereocenters. The summed E-state index contributed by atoms with van der Waals surface area (Å²) in [4.78, 5) is 36.1. The van der Waals surface area contributed by atoms with E-state index >= 15 is 0 Å². The minimum absolute atomic E-state index is 0.224. The average molecular weight is 487 g/mol. The molecule has 0 aliphatic rings. The van der Waals surface area contributed by atoms with Crippen molar-refractivity contribution in [2.24, 2.45) is 5.92 Å². The first-order chi connectivity index (χ1) is 15.6. The van der Waals surface area contributed by atoms with Gasteiger partial charge in [0.15, 0.2) is 0 Å². The van der Waals surface area contributed by atoms with Gasteiger partial charge in [-0.2, -0.15) is 12.6 Å². The standard InChI is InChI=1S/C26H50N2O4S/c1-5-6-7-8-9-10-11-12-13-14-15-16-17-18-19-21(20-22(29)30)24(31)28-23(25(32)27-4)26(2,3)33/h21,23,33H,5-20H2,1-4H3,(H,27,32)(H,28,31)(H,29,30). The van der Waals surface area contributed by atoms with E-state index in [9.17, 15) is 19.5 Å². The maximum Gasteiger partial charge on any atom is 0.304 e. The average Bonchev–Trinajstić information content (AvgIpc) is 2.75. The Bertz CT molecular complexity index is 549. The molecule has 0 aliphatic heterocycles. The highest BCUT2D eigenvalue weighted by Gasteiger charge is 2.35. The molecule has 0 aromatic carbocycles. The van der Waals surface area contributed by atoms with Crippen LogP contribution in [-0.4, -0.2) is 40.7 Å². The zero-order valence-electron chi connectivity index (χ0n) is 21.6. The Balaban J connectivity index is 4.14. The van der Waals surface area contributed by atoms with Gasteiger partial charge in [-0.3, -0.25) is 14.4 Å². The fourth-order valence-corrected chi connectivity index (χ4v) is 4.27. The van der Waals surface area contributed by atoms with Crippen LogP contribution < -0.4 is 10.6 Å². The highest BCUT2D eigenvalue weighted by molar-refractivity contribution is 7.81. The number of nitrogens with one attached hydrogen (secondary N) is 2. The minimum Gasteiger partial charge on any atom is -0.481 e. The Hall–Kier alpha value is -1.24. The van der Waals surface area contributed by atoms with Crippen LogP contribution in [0.1, 0.15) is 124 Å². The second-order valence-corrected chi connectivity index (χ2v) is 11.0. The maximum absolute atomic E-state index is 12.7. The SMILES string of the molecule is CCCCCCCCCCCCCCCCC(CC(=O)O)C(=O)NC(C(=O)NC)C(C)(C)S. The van der Waals surface area contributed by atoms with E-state index in [0.29, 0.717) is 6.42 Å². The van der Waals surface area contributed by atoms with Crippen LogP contribution in [0.5, 0.6) is 0 Å². The van der Waals surface area contributed by atoms with Gasteiger partial charge in [0.2, 0.25) is 11.8 Å². The van der Waals surface area contributed by atoms with Crippen LogP contribution in [-0.2, 0) is 14.4 Å². The summed E-state index contributed by atoms with van der Waals surface area (Å²) in [6.45, 7) is 5.74. The molecule has 0 aromatic rings. The van der Waals surface area contributed by atoms with Crippen LogP contribution in [0.3, 0.4) is 0 Å². The molecule has 2 amide bonds. The Kier molecular flexibility index (Phi) is 18.4. The lowest BCUT2D eigenvalue weighted by Crippen LogP contribution is -2.56. The van der Waals surface area contributed by atoms with Gasteiger partial charge in [0.1, 0.15) is 6.04 Å². The Morgan fingerprint density at radius 1 is 0.788 bits per heavy atom. The van der Waals surface area contributed by atoms with Crippen LogP contribution in [0, 0.1) is 5.92 Å². The zero-order chi connectivity index (χ0) is 25.1. The molecule has 0 rings (SSSR count). The fourth-order valence-electron chi connectivity index (χ4n) is 4.09. The number of unbranched alkanes of at least 4 members (excludes halogenated alkanes) is 13. The molecule has 0 radical (unpaired) electrons. The largest absolute Gasteiger partial charge is 0.481 e. The molecule has 0 heterocycles. The third-order valence-electron chi connectivity index (χ3n) is 6.20. The summed E-state index contributed by atoms with van der Waals surface area (Å²) >= 11 is 4.43. The summed E-state index contributed by atoms with van der Waals surface area (Å²) in [6.07, 6.45) is 17.8. The number of hydrogen-bond acceptors (Lipinski definition) is 4. The summed E-state index contributed by atoms with van der Waals surface area (Å²) in [5.41, 5.74) is 0. The van der Waals surface area contributed by atoms with Crippen molar-refractivity contribution < 1.29 is 19.5 Å². The number of amides is 2. The maximum atomic E-state index is 12.7. The van der Waals surface area contributed by atoms with E-state index in [2.05, 4.69) is 30.2 Å². The van der Waals surface area contributed by atoms with Crippen molar-refractivity contribution in [1.29, 1.82) is 0 Å². The third kappa shape index (κ3) is 16.9. The van der Waals surface area contributed by atoms with E-state index in [0.717, 1.165) is 19.3 Å². The number of hydrogen-bond donors (Lipinski definition) is 4. The quantitative estimate of drug-likeness (QED) is 0.120. The van der Waals surface area contributed by atoms with Gasteiger partial charge in [-0.1, -0.05) is 96.8 Å². The van der Waals surface area contributed by atoms with Gasteiger partial charge in [0.05, 0.1) is 6.42 Å². The molecule has 0 aromatic heterocycles. The van der Waals surface area contributed by atoms with Gasteiger partial charge in [0, 0.05) is 17.7 Å². The minimum atomic E-state index is -0.998. The summed E-state index contributed by atoms with van der Waals surface area (Å²) in [5.74, 6) is -2.36. The van der Waals surface area contributed by atoms with Gasteiger partial charge in [0.25, 0.3) is 0 Å². The lowest BCUT2D eigenvalue weighted by Gasteiger charge is -2.30. The van der Waals surface area contributed by atoms with Crippen molar-refractivity contribution in [2.75, 3.05) is 7.05 Å². The second-order valence-electron chi connectivity index (χ2n) is 9.89. The molecule has 33 heavy (non-hydrogen) atoms. The number of carboxylic acids is 1. The molecule has 3 N–H and O–H groups in total. The topological polar surface area (TPSA) is 95.5 Å². The summed E-state index contributed by atoms with van der Waals surface area (Å²) in [7, 11) is 1.50. The molecule has 0 bridgehead atoms. The molecule has 0 saturated carbocycles. The number of rotatable bonds is 21. The number of likely N-dealkylation sites (N-methyl/N-ethyl adjacent to an activating group) is 1. The van der Waals surface area contributed by atoms with Crippen molar-refractivity contribution in [2.45, 2.75) is 134 Å². The number of carbonyl (C=O) groups excluding carboxylic acids is 2. The van der Waals surface area contributed by atoms with Gasteiger partial charge in [-0.25, -0.2) is 0 Å². The van der Waals surface area contributed by atoms with Crippen LogP contribution >= 0.6 is 12.6 Å². The first kappa shape index (κ1) is 31.8.